The Balaban J connectivity index is 4.08. The fourth-order valence-corrected chi connectivity index (χ4v) is 2.90. The van der Waals surface area contributed by atoms with E-state index < -0.39 is 29.9 Å². The quantitative estimate of drug-likeness (QED) is 0.0389. The van der Waals surface area contributed by atoms with E-state index in [0.717, 1.165) is 0 Å². The van der Waals surface area contributed by atoms with Crippen LogP contribution in [0.15, 0.2) is 0 Å². The molecule has 0 fully saturated rings. The Kier molecular flexibility index (Phi) is 21.1. The highest BCUT2D eigenvalue weighted by Crippen LogP contribution is 2.05. The van der Waals surface area contributed by atoms with E-state index in [1.54, 1.807) is 13.8 Å². The highest BCUT2D eigenvalue weighted by atomic mass is 16.6. The van der Waals surface area contributed by atoms with Gasteiger partial charge in [-0.2, -0.15) is 0 Å². The molecule has 2 atom stereocenters. The Morgan fingerprint density at radius 3 is 1.78 bits per heavy atom. The third kappa shape index (κ3) is 20.2. The molecule has 2 unspecified atom stereocenters. The molecule has 0 radical (unpaired) electrons. The van der Waals surface area contributed by atoms with Gasteiger partial charge in [-0.15, -0.1) is 0 Å². The van der Waals surface area contributed by atoms with Crippen LogP contribution >= 0.6 is 0 Å². The van der Waals surface area contributed by atoms with Crippen molar-refractivity contribution < 1.29 is 38.1 Å². The molecule has 0 saturated carbocycles. The Morgan fingerprint density at radius 2 is 1.30 bits per heavy atom. The molecule has 15 nitrogen and oxygen atoms in total. The summed E-state index contributed by atoms with van der Waals surface area (Å²) in [5, 5.41) is 7.63. The number of carbonyl (C=O) groups is 4. The maximum atomic E-state index is 12.7. The van der Waals surface area contributed by atoms with Crippen LogP contribution in [-0.4, -0.2) is 102 Å². The van der Waals surface area contributed by atoms with Crippen LogP contribution in [0.4, 0.5) is 4.79 Å². The largest absolute Gasteiger partial charge is 0.379 e. The van der Waals surface area contributed by atoms with E-state index in [2.05, 4.69) is 21.4 Å². The summed E-state index contributed by atoms with van der Waals surface area (Å²) in [6, 6.07) is -2.48. The predicted molar refractivity (Wildman–Crippen MR) is 135 cm³/mol. The number of amides is 5. The van der Waals surface area contributed by atoms with E-state index >= 15 is 0 Å². The molecular weight excluding hydrogens is 490 g/mol. The zero-order valence-electron chi connectivity index (χ0n) is 21.9. The molecule has 0 bridgehead atoms. The summed E-state index contributed by atoms with van der Waals surface area (Å²) < 4.78 is 21.4. The number of primary amides is 2. The van der Waals surface area contributed by atoms with Crippen LogP contribution in [0.2, 0.25) is 0 Å². The van der Waals surface area contributed by atoms with Gasteiger partial charge in [0.25, 0.3) is 0 Å². The molecule has 0 spiro atoms. The van der Waals surface area contributed by atoms with Crippen molar-refractivity contribution in [1.82, 2.24) is 21.4 Å². The minimum absolute atomic E-state index is 0.0529. The molecule has 0 rings (SSSR count). The highest BCUT2D eigenvalue weighted by Gasteiger charge is 2.27. The molecule has 37 heavy (non-hydrogen) atoms. The van der Waals surface area contributed by atoms with E-state index in [1.165, 1.54) is 0 Å². The van der Waals surface area contributed by atoms with E-state index in [-0.39, 0.29) is 37.8 Å². The first-order valence-electron chi connectivity index (χ1n) is 12.4. The molecule has 15 heteroatoms. The second-order valence-corrected chi connectivity index (χ2v) is 8.34. The summed E-state index contributed by atoms with van der Waals surface area (Å²) in [5.41, 5.74) is 12.9. The lowest BCUT2D eigenvalue weighted by molar-refractivity contribution is -0.132. The molecule has 0 aromatic rings. The van der Waals surface area contributed by atoms with Crippen LogP contribution < -0.4 is 38.7 Å². The molecule has 0 aromatic heterocycles. The average molecular weight is 536 g/mol. The van der Waals surface area contributed by atoms with Gasteiger partial charge in [0.1, 0.15) is 12.1 Å². The monoisotopic (exact) mass is 535 g/mol. The summed E-state index contributed by atoms with van der Waals surface area (Å²) in [4.78, 5) is 47.4. The fraction of sp³-hybridized carbons (Fsp3) is 0.818. The Hall–Kier alpha value is -2.56. The van der Waals surface area contributed by atoms with Crippen LogP contribution in [0, 0.1) is 5.92 Å². The van der Waals surface area contributed by atoms with Crippen LogP contribution in [0.3, 0.4) is 0 Å². The van der Waals surface area contributed by atoms with Gasteiger partial charge in [0, 0.05) is 19.5 Å². The lowest BCUT2D eigenvalue weighted by atomic mass is 10.0. The number of hydrogen-bond acceptors (Lipinski definition) is 10. The van der Waals surface area contributed by atoms with Crippen molar-refractivity contribution >= 4 is 23.8 Å². The molecule has 0 aliphatic rings. The molecule has 0 aromatic carbocycles. The van der Waals surface area contributed by atoms with E-state index in [9.17, 15) is 19.2 Å². The predicted octanol–water partition coefficient (Wildman–Crippen LogP) is -2.53. The molecule has 0 saturated heterocycles. The summed E-state index contributed by atoms with van der Waals surface area (Å²) >= 11 is 0. The number of rotatable bonds is 24. The smallest absolute Gasteiger partial charge is 0.312 e. The number of carbonyl (C=O) groups excluding carboxylic acids is 4. The highest BCUT2D eigenvalue weighted by molar-refractivity contribution is 5.91. The minimum atomic E-state index is -0.943. The maximum absolute atomic E-state index is 12.7. The van der Waals surface area contributed by atoms with Crippen molar-refractivity contribution in [3.05, 3.63) is 0 Å². The van der Waals surface area contributed by atoms with Gasteiger partial charge >= 0.3 is 6.03 Å². The second-order valence-electron chi connectivity index (χ2n) is 8.34. The Morgan fingerprint density at radius 1 is 0.757 bits per heavy atom. The maximum Gasteiger partial charge on any atom is 0.312 e. The molecular formula is C22H45N7O8. The van der Waals surface area contributed by atoms with E-state index in [0.29, 0.717) is 59.2 Å². The number of nitrogens with two attached hydrogens (primary N) is 3. The number of hydrogen-bond donors (Lipinski definition) is 7. The van der Waals surface area contributed by atoms with Crippen LogP contribution in [0.1, 0.15) is 33.1 Å². The number of urea groups is 1. The first-order chi connectivity index (χ1) is 17.7. The van der Waals surface area contributed by atoms with Crippen molar-refractivity contribution in [2.45, 2.75) is 45.2 Å². The third-order valence-electron chi connectivity index (χ3n) is 4.87. The molecule has 0 aliphatic heterocycles. The van der Waals surface area contributed by atoms with Gasteiger partial charge in [-0.3, -0.25) is 25.7 Å². The minimum Gasteiger partial charge on any atom is -0.379 e. The van der Waals surface area contributed by atoms with Gasteiger partial charge in [0.15, 0.2) is 0 Å². The van der Waals surface area contributed by atoms with Crippen LogP contribution in [0.5, 0.6) is 0 Å². The average Bonchev–Trinajstić information content (AvgIpc) is 2.83. The third-order valence-corrected chi connectivity index (χ3v) is 4.87. The van der Waals surface area contributed by atoms with Crippen molar-refractivity contribution in [2.24, 2.45) is 23.2 Å². The lowest BCUT2D eigenvalue weighted by Gasteiger charge is -2.24. The zero-order valence-corrected chi connectivity index (χ0v) is 21.9. The zero-order chi connectivity index (χ0) is 27.9. The second kappa shape index (κ2) is 22.6. The normalized spacial score (nSPS) is 12.6. The van der Waals surface area contributed by atoms with Crippen molar-refractivity contribution in [3.8, 4) is 0 Å². The van der Waals surface area contributed by atoms with Gasteiger partial charge in [-0.1, -0.05) is 13.8 Å². The SMILES string of the molecule is CC(C)C(NC(=O)CCOCCOCCOCCOCCNN)C(=O)NC(CCCNC(N)=O)C(N)=O. The molecule has 5 amide bonds. The summed E-state index contributed by atoms with van der Waals surface area (Å²) in [5.74, 6) is 3.28. The summed E-state index contributed by atoms with van der Waals surface area (Å²) in [6.45, 7) is 7.47. The standard InChI is InChI=1S/C22H45N7O8/c1-16(2)19(21(32)28-17(20(23)31)4-3-6-26-22(24)33)29-18(30)5-8-34-10-12-36-14-15-37-13-11-35-9-7-27-25/h16-17,19,27H,3-15,25H2,1-2H3,(H2,23,31)(H,28,32)(H,29,30)(H3,24,26,33). The topological polar surface area (TPSA) is 231 Å². The Bertz CT molecular complexity index is 655. The van der Waals surface area contributed by atoms with Crippen molar-refractivity contribution in [2.75, 3.05) is 65.9 Å². The van der Waals surface area contributed by atoms with Crippen LogP contribution in [-0.2, 0) is 33.3 Å². The van der Waals surface area contributed by atoms with Gasteiger partial charge in [0.2, 0.25) is 17.7 Å². The van der Waals surface area contributed by atoms with Gasteiger partial charge < -0.3 is 46.4 Å². The van der Waals surface area contributed by atoms with Gasteiger partial charge in [0.05, 0.1) is 52.9 Å². The van der Waals surface area contributed by atoms with Crippen molar-refractivity contribution in [3.63, 3.8) is 0 Å². The molecule has 0 aliphatic carbocycles. The van der Waals surface area contributed by atoms with Crippen molar-refractivity contribution in [1.29, 1.82) is 0 Å². The number of nitrogens with one attached hydrogen (secondary N) is 4. The Labute approximate surface area is 218 Å². The number of hydrazine groups is 1. The number of ether oxygens (including phenoxy) is 4. The van der Waals surface area contributed by atoms with Gasteiger partial charge in [-0.25, -0.2) is 4.79 Å². The summed E-state index contributed by atoms with van der Waals surface area (Å²) in [6.07, 6.45) is 0.646. The van der Waals surface area contributed by atoms with E-state index in [4.69, 9.17) is 36.3 Å². The molecule has 10 N–H and O–H groups in total. The first-order valence-corrected chi connectivity index (χ1v) is 12.4. The molecule has 0 heterocycles. The lowest BCUT2D eigenvalue weighted by Crippen LogP contribution is -2.54. The van der Waals surface area contributed by atoms with E-state index in [1.807, 2.05) is 0 Å². The first kappa shape index (κ1) is 34.4. The molecule has 216 valence electrons. The fourth-order valence-electron chi connectivity index (χ4n) is 2.90. The summed E-state index contributed by atoms with van der Waals surface area (Å²) in [7, 11) is 0. The van der Waals surface area contributed by atoms with Crippen LogP contribution in [0.25, 0.3) is 0 Å². The van der Waals surface area contributed by atoms with Gasteiger partial charge in [-0.05, 0) is 18.8 Å².